The van der Waals surface area contributed by atoms with Crippen LogP contribution in [0.2, 0.25) is 0 Å². The van der Waals surface area contributed by atoms with Crippen LogP contribution in [0.4, 0.5) is 5.69 Å². The lowest BCUT2D eigenvalue weighted by atomic mass is 10.3. The first-order valence-electron chi connectivity index (χ1n) is 7.57. The Kier molecular flexibility index (Phi) is 8.46. The van der Waals surface area contributed by atoms with Gasteiger partial charge in [-0.05, 0) is 44.5 Å². The van der Waals surface area contributed by atoms with Crippen molar-refractivity contribution in [1.29, 1.82) is 0 Å². The Balaban J connectivity index is 2.31. The van der Waals surface area contributed by atoms with E-state index in [4.69, 9.17) is 9.47 Å². The number of amides is 2. The molecular weight excluding hydrogens is 296 g/mol. The van der Waals surface area contributed by atoms with Gasteiger partial charge < -0.3 is 20.1 Å². The van der Waals surface area contributed by atoms with E-state index in [-0.39, 0.29) is 6.10 Å². The van der Waals surface area contributed by atoms with Crippen LogP contribution in [0.15, 0.2) is 36.9 Å². The molecule has 1 aromatic rings. The Morgan fingerprint density at radius 3 is 2.52 bits per heavy atom. The summed E-state index contributed by atoms with van der Waals surface area (Å²) in [6, 6.07) is 6.75. The highest BCUT2D eigenvalue weighted by atomic mass is 16.5. The second-order valence-corrected chi connectivity index (χ2v) is 5.11. The molecule has 6 nitrogen and oxygen atoms in total. The number of carbonyl (C=O) groups is 2. The van der Waals surface area contributed by atoms with Crippen LogP contribution < -0.4 is 15.4 Å². The molecule has 0 aliphatic heterocycles. The molecule has 1 rings (SSSR count). The van der Waals surface area contributed by atoms with Gasteiger partial charge in [-0.3, -0.25) is 9.59 Å². The zero-order chi connectivity index (χ0) is 17.1. The van der Waals surface area contributed by atoms with E-state index in [9.17, 15) is 9.59 Å². The molecular formula is C17H24N2O4. The molecule has 0 atom stereocenters. The molecule has 0 saturated heterocycles. The predicted octanol–water partition coefficient (Wildman–Crippen LogP) is 2.12. The highest BCUT2D eigenvalue weighted by molar-refractivity contribution is 6.39. The third kappa shape index (κ3) is 8.01. The van der Waals surface area contributed by atoms with Gasteiger partial charge in [0.15, 0.2) is 0 Å². The number of anilines is 1. The van der Waals surface area contributed by atoms with Crippen LogP contribution >= 0.6 is 0 Å². The Bertz CT molecular complexity index is 512. The lowest BCUT2D eigenvalue weighted by molar-refractivity contribution is -0.136. The number of rotatable bonds is 9. The van der Waals surface area contributed by atoms with Crippen molar-refractivity contribution in [2.45, 2.75) is 26.4 Å². The molecule has 0 radical (unpaired) electrons. The van der Waals surface area contributed by atoms with Crippen molar-refractivity contribution in [3.8, 4) is 5.75 Å². The summed E-state index contributed by atoms with van der Waals surface area (Å²) in [4.78, 5) is 23.4. The standard InChI is InChI=1S/C17H24N2O4/c1-4-11-23-15-8-6-14(7-9-15)19-17(21)16(20)18-10-5-12-22-13(2)3/h4,6-9,13H,1,5,10-12H2,2-3H3,(H,18,20)(H,19,21). The fourth-order valence-corrected chi connectivity index (χ4v) is 1.65. The molecule has 0 bridgehead atoms. The smallest absolute Gasteiger partial charge is 0.313 e. The first kappa shape index (κ1) is 18.7. The molecule has 0 spiro atoms. The minimum atomic E-state index is -0.700. The van der Waals surface area contributed by atoms with E-state index < -0.39 is 11.8 Å². The quantitative estimate of drug-likeness (QED) is 0.415. The van der Waals surface area contributed by atoms with Crippen LogP contribution in [-0.2, 0) is 14.3 Å². The lowest BCUT2D eigenvalue weighted by Gasteiger charge is -2.09. The maximum absolute atomic E-state index is 11.7. The van der Waals surface area contributed by atoms with Crippen LogP contribution in [0.25, 0.3) is 0 Å². The van der Waals surface area contributed by atoms with E-state index in [1.165, 1.54) is 0 Å². The van der Waals surface area contributed by atoms with Gasteiger partial charge in [0.25, 0.3) is 0 Å². The summed E-state index contributed by atoms with van der Waals surface area (Å²) in [5, 5.41) is 5.08. The molecule has 0 heterocycles. The number of ether oxygens (including phenoxy) is 2. The van der Waals surface area contributed by atoms with E-state index in [0.29, 0.717) is 37.6 Å². The van der Waals surface area contributed by atoms with Crippen LogP contribution in [-0.4, -0.2) is 37.7 Å². The van der Waals surface area contributed by atoms with E-state index in [1.807, 2.05) is 13.8 Å². The minimum absolute atomic E-state index is 0.160. The summed E-state index contributed by atoms with van der Waals surface area (Å²) in [6.07, 6.45) is 2.46. The van der Waals surface area contributed by atoms with Gasteiger partial charge >= 0.3 is 11.8 Å². The third-order valence-corrected chi connectivity index (χ3v) is 2.74. The van der Waals surface area contributed by atoms with E-state index >= 15 is 0 Å². The van der Waals surface area contributed by atoms with Crippen molar-refractivity contribution in [3.05, 3.63) is 36.9 Å². The van der Waals surface area contributed by atoms with Gasteiger partial charge in [0, 0.05) is 18.8 Å². The van der Waals surface area contributed by atoms with Crippen LogP contribution in [0.3, 0.4) is 0 Å². The summed E-state index contributed by atoms with van der Waals surface area (Å²) in [5.41, 5.74) is 0.527. The maximum Gasteiger partial charge on any atom is 0.313 e. The average molecular weight is 320 g/mol. The number of hydrogen-bond donors (Lipinski definition) is 2. The molecule has 0 aliphatic rings. The van der Waals surface area contributed by atoms with Gasteiger partial charge in [-0.15, -0.1) is 0 Å². The molecule has 6 heteroatoms. The Labute approximate surface area is 136 Å². The Hall–Kier alpha value is -2.34. The van der Waals surface area contributed by atoms with Crippen molar-refractivity contribution in [3.63, 3.8) is 0 Å². The van der Waals surface area contributed by atoms with Gasteiger partial charge in [-0.25, -0.2) is 0 Å². The Morgan fingerprint density at radius 1 is 1.22 bits per heavy atom. The number of benzene rings is 1. The van der Waals surface area contributed by atoms with E-state index in [0.717, 1.165) is 0 Å². The topological polar surface area (TPSA) is 76.7 Å². The van der Waals surface area contributed by atoms with Gasteiger partial charge in [-0.1, -0.05) is 12.7 Å². The second kappa shape index (κ2) is 10.4. The van der Waals surface area contributed by atoms with Gasteiger partial charge in [0.2, 0.25) is 0 Å². The van der Waals surface area contributed by atoms with E-state index in [2.05, 4.69) is 17.2 Å². The molecule has 0 aliphatic carbocycles. The second-order valence-electron chi connectivity index (χ2n) is 5.11. The molecule has 0 fully saturated rings. The monoisotopic (exact) mass is 320 g/mol. The number of carbonyl (C=O) groups excluding carboxylic acids is 2. The molecule has 0 saturated carbocycles. The minimum Gasteiger partial charge on any atom is -0.490 e. The lowest BCUT2D eigenvalue weighted by Crippen LogP contribution is -2.36. The maximum atomic E-state index is 11.7. The summed E-state index contributed by atoms with van der Waals surface area (Å²) in [7, 11) is 0. The van der Waals surface area contributed by atoms with Crippen LogP contribution in [0.1, 0.15) is 20.3 Å². The van der Waals surface area contributed by atoms with Crippen molar-refractivity contribution in [1.82, 2.24) is 5.32 Å². The van der Waals surface area contributed by atoms with Crippen molar-refractivity contribution >= 4 is 17.5 Å². The first-order valence-corrected chi connectivity index (χ1v) is 7.57. The molecule has 2 amide bonds. The molecule has 126 valence electrons. The van der Waals surface area contributed by atoms with Gasteiger partial charge in [0.05, 0.1) is 6.10 Å². The largest absolute Gasteiger partial charge is 0.490 e. The predicted molar refractivity (Wildman–Crippen MR) is 89.5 cm³/mol. The highest BCUT2D eigenvalue weighted by Crippen LogP contribution is 2.15. The van der Waals surface area contributed by atoms with Crippen molar-refractivity contribution < 1.29 is 19.1 Å². The molecule has 23 heavy (non-hydrogen) atoms. The summed E-state index contributed by atoms with van der Waals surface area (Å²) in [6.45, 7) is 8.81. The summed E-state index contributed by atoms with van der Waals surface area (Å²) >= 11 is 0. The van der Waals surface area contributed by atoms with E-state index in [1.54, 1.807) is 30.3 Å². The number of hydrogen-bond acceptors (Lipinski definition) is 4. The average Bonchev–Trinajstić information content (AvgIpc) is 2.53. The Morgan fingerprint density at radius 2 is 1.91 bits per heavy atom. The number of nitrogens with one attached hydrogen (secondary N) is 2. The van der Waals surface area contributed by atoms with Gasteiger partial charge in [-0.2, -0.15) is 0 Å². The fourth-order valence-electron chi connectivity index (χ4n) is 1.65. The highest BCUT2D eigenvalue weighted by Gasteiger charge is 2.12. The van der Waals surface area contributed by atoms with Gasteiger partial charge in [0.1, 0.15) is 12.4 Å². The molecule has 2 N–H and O–H groups in total. The summed E-state index contributed by atoms with van der Waals surface area (Å²) in [5.74, 6) is -0.700. The van der Waals surface area contributed by atoms with Crippen molar-refractivity contribution in [2.75, 3.05) is 25.1 Å². The molecule has 0 unspecified atom stereocenters. The zero-order valence-corrected chi connectivity index (χ0v) is 13.6. The molecule has 0 aromatic heterocycles. The third-order valence-electron chi connectivity index (χ3n) is 2.74. The van der Waals surface area contributed by atoms with Crippen molar-refractivity contribution in [2.24, 2.45) is 0 Å². The van der Waals surface area contributed by atoms with Crippen LogP contribution in [0, 0.1) is 0 Å². The molecule has 1 aromatic carbocycles. The first-order chi connectivity index (χ1) is 11.0. The fraction of sp³-hybridized carbons (Fsp3) is 0.412. The summed E-state index contributed by atoms with van der Waals surface area (Å²) < 4.78 is 10.7. The zero-order valence-electron chi connectivity index (χ0n) is 13.6. The SMILES string of the molecule is C=CCOc1ccc(NC(=O)C(=O)NCCCOC(C)C)cc1. The van der Waals surface area contributed by atoms with Crippen LogP contribution in [0.5, 0.6) is 5.75 Å². The normalized spacial score (nSPS) is 10.2.